The number of carbonyl (C=O) groups excluding carboxylic acids is 2. The highest BCUT2D eigenvalue weighted by Crippen LogP contribution is 2.24. The van der Waals surface area contributed by atoms with Crippen LogP contribution in [0.4, 0.5) is 16.2 Å². The van der Waals surface area contributed by atoms with E-state index in [1.165, 1.54) is 22.6 Å². The number of pyridine rings is 1. The lowest BCUT2D eigenvalue weighted by molar-refractivity contribution is -0.140. The molecule has 1 aromatic heterocycles. The summed E-state index contributed by atoms with van der Waals surface area (Å²) in [7, 11) is 1.30. The van der Waals surface area contributed by atoms with Gasteiger partial charge in [0, 0.05) is 43.1 Å². The van der Waals surface area contributed by atoms with Crippen molar-refractivity contribution in [3.8, 4) is 0 Å². The Morgan fingerprint density at radius 3 is 2.32 bits per heavy atom. The van der Waals surface area contributed by atoms with Crippen LogP contribution >= 0.6 is 0 Å². The third-order valence-electron chi connectivity index (χ3n) is 4.57. The molecular weight excluding hydrogens is 362 g/mol. The molecule has 3 N–H and O–H groups in total. The van der Waals surface area contributed by atoms with E-state index in [1.807, 2.05) is 0 Å². The molecule has 0 radical (unpaired) electrons. The third-order valence-corrected chi connectivity index (χ3v) is 4.57. The lowest BCUT2D eigenvalue weighted by Crippen LogP contribution is -2.33. The maximum absolute atomic E-state index is 12.8. The van der Waals surface area contributed by atoms with Crippen LogP contribution in [0.1, 0.15) is 12.0 Å². The van der Waals surface area contributed by atoms with Gasteiger partial charge in [-0.2, -0.15) is 0 Å². The number of aryl methyl sites for hydroxylation is 1. The van der Waals surface area contributed by atoms with Crippen LogP contribution in [0, 0.1) is 5.41 Å². The Morgan fingerprint density at radius 1 is 1.11 bits per heavy atom. The number of amidine groups is 1. The van der Waals surface area contributed by atoms with Crippen molar-refractivity contribution < 1.29 is 14.3 Å². The van der Waals surface area contributed by atoms with Crippen molar-refractivity contribution in [3.05, 3.63) is 58.5 Å². The number of urea groups is 1. The largest absolute Gasteiger partial charge is 0.469 e. The third kappa shape index (κ3) is 3.88. The van der Waals surface area contributed by atoms with E-state index in [-0.39, 0.29) is 30.4 Å². The number of nitrogens with two attached hydrogens (primary N) is 1. The normalized spacial score (nSPS) is 13.7. The molecule has 9 heteroatoms. The summed E-state index contributed by atoms with van der Waals surface area (Å²) >= 11 is 0. The molecule has 9 nitrogen and oxygen atoms in total. The number of nitrogen functional groups attached to an aromatic ring is 1. The van der Waals surface area contributed by atoms with Gasteiger partial charge in [0.2, 0.25) is 0 Å². The number of rotatable bonds is 6. The van der Waals surface area contributed by atoms with Gasteiger partial charge in [-0.05, 0) is 30.3 Å². The minimum Gasteiger partial charge on any atom is -0.469 e. The van der Waals surface area contributed by atoms with Crippen LogP contribution in [0.2, 0.25) is 0 Å². The van der Waals surface area contributed by atoms with Crippen LogP contribution in [-0.4, -0.2) is 42.6 Å². The highest BCUT2D eigenvalue weighted by Gasteiger charge is 2.30. The molecule has 146 valence electrons. The Kier molecular flexibility index (Phi) is 5.44. The van der Waals surface area contributed by atoms with Crippen molar-refractivity contribution in [2.75, 3.05) is 30.0 Å². The summed E-state index contributed by atoms with van der Waals surface area (Å²) in [5.74, 6) is -0.425. The molecule has 2 aromatic rings. The van der Waals surface area contributed by atoms with Gasteiger partial charge in [0.05, 0.1) is 19.2 Å². The van der Waals surface area contributed by atoms with Crippen molar-refractivity contribution in [2.24, 2.45) is 5.73 Å². The molecular formula is C19H21N5O4. The number of ether oxygens (including phenoxy) is 1. The number of esters is 1. The number of hydrogen-bond donors (Lipinski definition) is 2. The van der Waals surface area contributed by atoms with E-state index < -0.39 is 5.97 Å². The van der Waals surface area contributed by atoms with Crippen LogP contribution in [-0.2, 0) is 16.1 Å². The first kappa shape index (κ1) is 19.2. The monoisotopic (exact) mass is 383 g/mol. The smallest absolute Gasteiger partial charge is 0.329 e. The van der Waals surface area contributed by atoms with E-state index in [0.717, 1.165) is 0 Å². The summed E-state index contributed by atoms with van der Waals surface area (Å²) in [6.07, 6.45) is 1.67. The molecule has 0 saturated carbocycles. The standard InChI is InChI=1S/C19H21N5O4/c1-28-17(26)7-9-22-8-6-15(12-16(22)25)24-11-10-23(19(24)27)14-4-2-13(3-5-14)18(20)21/h2-6,8,12H,7,9-11H2,1H3,(H3,20,21). The van der Waals surface area contributed by atoms with Gasteiger partial charge in [-0.15, -0.1) is 0 Å². The summed E-state index contributed by atoms with van der Waals surface area (Å²) in [6, 6.07) is 9.69. The van der Waals surface area contributed by atoms with E-state index in [1.54, 1.807) is 41.4 Å². The van der Waals surface area contributed by atoms with Gasteiger partial charge >= 0.3 is 12.0 Å². The van der Waals surface area contributed by atoms with Crippen molar-refractivity contribution in [2.45, 2.75) is 13.0 Å². The van der Waals surface area contributed by atoms with Crippen LogP contribution in [0.3, 0.4) is 0 Å². The summed E-state index contributed by atoms with van der Waals surface area (Å²) in [5.41, 5.74) is 6.95. The summed E-state index contributed by atoms with van der Waals surface area (Å²) < 4.78 is 5.98. The second-order valence-corrected chi connectivity index (χ2v) is 6.29. The van der Waals surface area contributed by atoms with E-state index in [9.17, 15) is 14.4 Å². The fourth-order valence-corrected chi connectivity index (χ4v) is 3.00. The average molecular weight is 383 g/mol. The molecule has 1 saturated heterocycles. The predicted octanol–water partition coefficient (Wildman–Crippen LogP) is 1.14. The van der Waals surface area contributed by atoms with Crippen molar-refractivity contribution >= 4 is 29.2 Å². The number of benzene rings is 1. The summed E-state index contributed by atoms with van der Waals surface area (Å²) in [6.45, 7) is 1.14. The number of aromatic nitrogens is 1. The second-order valence-electron chi connectivity index (χ2n) is 6.29. The number of nitrogens with one attached hydrogen (secondary N) is 1. The average Bonchev–Trinajstić information content (AvgIpc) is 3.08. The molecule has 0 aliphatic carbocycles. The second kappa shape index (κ2) is 7.95. The lowest BCUT2D eigenvalue weighted by atomic mass is 10.2. The summed E-state index contributed by atoms with van der Waals surface area (Å²) in [4.78, 5) is 39.4. The Morgan fingerprint density at radius 2 is 1.75 bits per heavy atom. The van der Waals surface area contributed by atoms with E-state index in [0.29, 0.717) is 30.0 Å². The fraction of sp³-hybridized carbons (Fsp3) is 0.263. The first-order chi connectivity index (χ1) is 13.4. The Bertz CT molecular complexity index is 967. The van der Waals surface area contributed by atoms with Crippen molar-refractivity contribution in [1.29, 1.82) is 5.41 Å². The topological polar surface area (TPSA) is 122 Å². The molecule has 0 bridgehead atoms. The van der Waals surface area contributed by atoms with Gasteiger partial charge < -0.3 is 15.0 Å². The maximum Gasteiger partial charge on any atom is 0.329 e. The Balaban J connectivity index is 1.74. The molecule has 28 heavy (non-hydrogen) atoms. The van der Waals surface area contributed by atoms with E-state index in [2.05, 4.69) is 4.74 Å². The molecule has 2 heterocycles. The van der Waals surface area contributed by atoms with Crippen LogP contribution in [0.15, 0.2) is 47.4 Å². The molecule has 1 aromatic carbocycles. The first-order valence-corrected chi connectivity index (χ1v) is 8.71. The molecule has 0 spiro atoms. The fourth-order valence-electron chi connectivity index (χ4n) is 3.00. The molecule has 2 amide bonds. The number of hydrogen-bond acceptors (Lipinski definition) is 5. The lowest BCUT2D eigenvalue weighted by Gasteiger charge is -2.19. The minimum atomic E-state index is -0.392. The zero-order valence-corrected chi connectivity index (χ0v) is 15.4. The molecule has 1 fully saturated rings. The van der Waals surface area contributed by atoms with Crippen LogP contribution < -0.4 is 21.1 Å². The number of nitrogens with zero attached hydrogens (tertiary/aromatic N) is 3. The van der Waals surface area contributed by atoms with Gasteiger partial charge in [-0.25, -0.2) is 4.79 Å². The predicted molar refractivity (Wildman–Crippen MR) is 105 cm³/mol. The first-order valence-electron chi connectivity index (χ1n) is 8.71. The van der Waals surface area contributed by atoms with Crippen LogP contribution in [0.5, 0.6) is 0 Å². The van der Waals surface area contributed by atoms with E-state index >= 15 is 0 Å². The SMILES string of the molecule is COC(=O)CCn1ccc(N2CCN(c3ccc(C(=N)N)cc3)C2=O)cc1=O. The van der Waals surface area contributed by atoms with Gasteiger partial charge in [-0.1, -0.05) is 0 Å². The van der Waals surface area contributed by atoms with Crippen molar-refractivity contribution in [1.82, 2.24) is 4.57 Å². The molecule has 0 unspecified atom stereocenters. The van der Waals surface area contributed by atoms with Gasteiger partial charge in [0.15, 0.2) is 0 Å². The number of carbonyl (C=O) groups is 2. The molecule has 0 atom stereocenters. The Labute approximate surface area is 161 Å². The number of amides is 2. The van der Waals surface area contributed by atoms with Gasteiger partial charge in [0.1, 0.15) is 5.84 Å². The minimum absolute atomic E-state index is 0.0336. The van der Waals surface area contributed by atoms with Gasteiger partial charge in [-0.3, -0.25) is 24.8 Å². The molecule has 1 aliphatic heterocycles. The zero-order chi connectivity index (χ0) is 20.3. The quantitative estimate of drug-likeness (QED) is 0.440. The number of methoxy groups -OCH3 is 1. The maximum atomic E-state index is 12.8. The van der Waals surface area contributed by atoms with Crippen molar-refractivity contribution in [3.63, 3.8) is 0 Å². The Hall–Kier alpha value is -3.62. The zero-order valence-electron chi connectivity index (χ0n) is 15.4. The summed E-state index contributed by atoms with van der Waals surface area (Å²) in [5, 5.41) is 7.43. The highest BCUT2D eigenvalue weighted by molar-refractivity contribution is 6.06. The van der Waals surface area contributed by atoms with Crippen LogP contribution in [0.25, 0.3) is 0 Å². The number of anilines is 2. The molecule has 1 aliphatic rings. The van der Waals surface area contributed by atoms with E-state index in [4.69, 9.17) is 11.1 Å². The molecule has 3 rings (SSSR count). The highest BCUT2D eigenvalue weighted by atomic mass is 16.5. The van der Waals surface area contributed by atoms with Gasteiger partial charge in [0.25, 0.3) is 5.56 Å².